The number of likely N-dealkylation sites (N-methyl/N-ethyl adjacent to an activating group) is 1. The molecular weight excluding hydrogens is 294 g/mol. The number of nitrogens with zero attached hydrogens (tertiary/aromatic N) is 4. The van der Waals surface area contributed by atoms with Crippen molar-refractivity contribution in [3.63, 3.8) is 0 Å². The zero-order chi connectivity index (χ0) is 17.0. The van der Waals surface area contributed by atoms with Gasteiger partial charge in [-0.3, -0.25) is 9.80 Å². The van der Waals surface area contributed by atoms with Gasteiger partial charge in [0.1, 0.15) is 0 Å². The topological polar surface area (TPSA) is 43.2 Å². The van der Waals surface area contributed by atoms with Crippen LogP contribution < -0.4 is 5.32 Å². The molecule has 22 heavy (non-hydrogen) atoms. The molecule has 0 aromatic heterocycles. The molecule has 0 aromatic rings. The molecule has 124 valence electrons. The Balaban J connectivity index is 5.11. The van der Waals surface area contributed by atoms with Gasteiger partial charge in [0.25, 0.3) is 0 Å². The lowest BCUT2D eigenvalue weighted by Gasteiger charge is -2.28. The number of nitrogens with one attached hydrogen (secondary N) is 1. The standard InChI is InChI=1S/C16H29N5S/c1-7-9-20(6)16(18-5)19-12-15(17-4)13-21(10-11-22)14(3)8-2/h12,14,17,22H,5,8,10-11,13H2,1-4,6H3/b15-12+,19-16?. The normalized spacial score (nSPS) is 13.4. The van der Waals surface area contributed by atoms with Crippen LogP contribution in [0.5, 0.6) is 0 Å². The van der Waals surface area contributed by atoms with Crippen LogP contribution in [0.4, 0.5) is 0 Å². The van der Waals surface area contributed by atoms with Crippen LogP contribution in [0.3, 0.4) is 0 Å². The van der Waals surface area contributed by atoms with Gasteiger partial charge in [0, 0.05) is 50.7 Å². The van der Waals surface area contributed by atoms with Crippen molar-refractivity contribution in [2.24, 2.45) is 9.98 Å². The fourth-order valence-corrected chi connectivity index (χ4v) is 2.09. The summed E-state index contributed by atoms with van der Waals surface area (Å²) in [6.45, 7) is 11.5. The number of rotatable bonds is 8. The predicted molar refractivity (Wildman–Crippen MR) is 101 cm³/mol. The maximum Gasteiger partial charge on any atom is 0.236 e. The van der Waals surface area contributed by atoms with Crippen molar-refractivity contribution in [3.05, 3.63) is 11.9 Å². The van der Waals surface area contributed by atoms with Crippen LogP contribution in [-0.2, 0) is 0 Å². The molecule has 0 heterocycles. The zero-order valence-corrected chi connectivity index (χ0v) is 15.3. The highest BCUT2D eigenvalue weighted by Crippen LogP contribution is 2.07. The lowest BCUT2D eigenvalue weighted by atomic mass is 10.2. The predicted octanol–water partition coefficient (Wildman–Crippen LogP) is 2.05. The molecular formula is C16H29N5S. The van der Waals surface area contributed by atoms with E-state index in [1.165, 1.54) is 0 Å². The first-order valence-corrected chi connectivity index (χ1v) is 8.09. The van der Waals surface area contributed by atoms with E-state index in [-0.39, 0.29) is 0 Å². The van der Waals surface area contributed by atoms with E-state index in [4.69, 9.17) is 0 Å². The Morgan fingerprint density at radius 2 is 2.18 bits per heavy atom. The lowest BCUT2D eigenvalue weighted by Crippen LogP contribution is -2.37. The number of aliphatic imine (C=N–C) groups is 2. The van der Waals surface area contributed by atoms with Gasteiger partial charge in [-0.25, -0.2) is 9.98 Å². The van der Waals surface area contributed by atoms with Gasteiger partial charge in [-0.2, -0.15) is 12.6 Å². The van der Waals surface area contributed by atoms with Crippen LogP contribution in [0.2, 0.25) is 0 Å². The number of hydrogen-bond donors (Lipinski definition) is 2. The molecule has 1 atom stereocenters. The van der Waals surface area contributed by atoms with Gasteiger partial charge in [-0.15, -0.1) is 0 Å². The lowest BCUT2D eigenvalue weighted by molar-refractivity contribution is 0.232. The highest BCUT2D eigenvalue weighted by molar-refractivity contribution is 7.80. The zero-order valence-electron chi connectivity index (χ0n) is 14.4. The second-order valence-corrected chi connectivity index (χ2v) is 5.31. The van der Waals surface area contributed by atoms with Crippen molar-refractivity contribution < 1.29 is 0 Å². The maximum atomic E-state index is 4.37. The average molecular weight is 324 g/mol. The second-order valence-electron chi connectivity index (χ2n) is 4.86. The Labute approximate surface area is 141 Å². The monoisotopic (exact) mass is 323 g/mol. The fraction of sp³-hybridized carbons (Fsp3) is 0.625. The third-order valence-corrected chi connectivity index (χ3v) is 3.55. The molecule has 0 spiro atoms. The number of hydrogen-bond acceptors (Lipinski definition) is 4. The van der Waals surface area contributed by atoms with Gasteiger partial charge in [0.2, 0.25) is 5.96 Å². The van der Waals surface area contributed by atoms with Crippen molar-refractivity contribution in [2.75, 3.05) is 32.9 Å². The molecule has 0 aliphatic carbocycles. The summed E-state index contributed by atoms with van der Waals surface area (Å²) < 4.78 is 0. The minimum Gasteiger partial charge on any atom is -0.389 e. The first kappa shape index (κ1) is 20.6. The van der Waals surface area contributed by atoms with Gasteiger partial charge in [0.15, 0.2) is 0 Å². The van der Waals surface area contributed by atoms with E-state index in [0.717, 1.165) is 31.0 Å². The molecule has 0 aliphatic heterocycles. The third kappa shape index (κ3) is 7.53. The van der Waals surface area contributed by atoms with E-state index in [2.05, 4.69) is 65.4 Å². The Hall–Kier alpha value is -1.45. The summed E-state index contributed by atoms with van der Waals surface area (Å²) in [7, 11) is 3.71. The molecule has 0 saturated heterocycles. The Morgan fingerprint density at radius 1 is 1.50 bits per heavy atom. The number of guanidine groups is 1. The summed E-state index contributed by atoms with van der Waals surface area (Å²) >= 11 is 4.34. The van der Waals surface area contributed by atoms with E-state index in [1.54, 1.807) is 18.0 Å². The molecule has 0 saturated carbocycles. The summed E-state index contributed by atoms with van der Waals surface area (Å²) in [6.07, 6.45) is 2.88. The van der Waals surface area contributed by atoms with E-state index in [1.807, 2.05) is 14.1 Å². The second kappa shape index (κ2) is 12.1. The first-order valence-electron chi connectivity index (χ1n) is 7.46. The van der Waals surface area contributed by atoms with Gasteiger partial charge in [-0.05, 0) is 27.0 Å². The number of thiol groups is 1. The summed E-state index contributed by atoms with van der Waals surface area (Å²) in [5.41, 5.74) is 1.01. The SMILES string of the molecule is C=NC(=N/C=C(\CN(CCS)C(C)CC)NC)N(C)C#CC. The molecule has 0 radical (unpaired) electrons. The van der Waals surface area contributed by atoms with Crippen LogP contribution in [0.1, 0.15) is 27.2 Å². The van der Waals surface area contributed by atoms with Crippen LogP contribution >= 0.6 is 12.6 Å². The molecule has 0 aliphatic rings. The summed E-state index contributed by atoms with van der Waals surface area (Å²) in [6, 6.07) is 3.37. The molecule has 0 bridgehead atoms. The van der Waals surface area contributed by atoms with Crippen molar-refractivity contribution in [3.8, 4) is 12.0 Å². The third-order valence-electron chi connectivity index (χ3n) is 3.35. The molecule has 5 nitrogen and oxygen atoms in total. The molecule has 1 unspecified atom stereocenters. The summed E-state index contributed by atoms with van der Waals surface area (Å²) in [4.78, 5) is 12.3. The van der Waals surface area contributed by atoms with Gasteiger partial charge < -0.3 is 5.32 Å². The van der Waals surface area contributed by atoms with Crippen molar-refractivity contribution in [1.82, 2.24) is 15.1 Å². The molecule has 6 heteroatoms. The van der Waals surface area contributed by atoms with Crippen LogP contribution in [0, 0.1) is 12.0 Å². The quantitative estimate of drug-likeness (QED) is 0.236. The Morgan fingerprint density at radius 3 is 2.64 bits per heavy atom. The van der Waals surface area contributed by atoms with E-state index in [9.17, 15) is 0 Å². The van der Waals surface area contributed by atoms with Crippen LogP contribution in [0.25, 0.3) is 0 Å². The molecule has 0 rings (SSSR count). The van der Waals surface area contributed by atoms with Crippen molar-refractivity contribution >= 4 is 25.3 Å². The van der Waals surface area contributed by atoms with Crippen LogP contribution in [0.15, 0.2) is 21.9 Å². The summed E-state index contributed by atoms with van der Waals surface area (Å²) in [5, 5.41) is 3.19. The molecule has 0 fully saturated rings. The largest absolute Gasteiger partial charge is 0.389 e. The van der Waals surface area contributed by atoms with Gasteiger partial charge >= 0.3 is 0 Å². The van der Waals surface area contributed by atoms with Gasteiger partial charge in [0.05, 0.1) is 6.20 Å². The van der Waals surface area contributed by atoms with E-state index >= 15 is 0 Å². The Bertz CT molecular complexity index is 447. The molecule has 0 amide bonds. The fourth-order valence-electron chi connectivity index (χ4n) is 1.83. The highest BCUT2D eigenvalue weighted by atomic mass is 32.1. The first-order chi connectivity index (χ1) is 10.5. The maximum absolute atomic E-state index is 4.37. The Kier molecular flexibility index (Phi) is 11.3. The van der Waals surface area contributed by atoms with E-state index < -0.39 is 0 Å². The van der Waals surface area contributed by atoms with Crippen LogP contribution in [-0.4, -0.2) is 61.5 Å². The molecule has 0 aromatic carbocycles. The van der Waals surface area contributed by atoms with Gasteiger partial charge in [-0.1, -0.05) is 12.8 Å². The smallest absolute Gasteiger partial charge is 0.236 e. The van der Waals surface area contributed by atoms with Crippen molar-refractivity contribution in [2.45, 2.75) is 33.2 Å². The van der Waals surface area contributed by atoms with E-state index in [0.29, 0.717) is 12.0 Å². The van der Waals surface area contributed by atoms with Crippen molar-refractivity contribution in [1.29, 1.82) is 0 Å². The minimum atomic E-state index is 0.478. The minimum absolute atomic E-state index is 0.478. The summed E-state index contributed by atoms with van der Waals surface area (Å²) in [5.74, 6) is 4.12. The average Bonchev–Trinajstić information content (AvgIpc) is 2.52. The highest BCUT2D eigenvalue weighted by Gasteiger charge is 2.12. The molecule has 1 N–H and O–H groups in total.